The van der Waals surface area contributed by atoms with E-state index in [1.807, 2.05) is 31.2 Å². The summed E-state index contributed by atoms with van der Waals surface area (Å²) in [5.74, 6) is 0.241. The lowest BCUT2D eigenvalue weighted by molar-refractivity contribution is -0.126. The molecule has 0 aliphatic rings. The number of nitrogens with one attached hydrogen (secondary N) is 2. The van der Waals surface area contributed by atoms with Crippen LogP contribution >= 0.6 is 0 Å². The molecule has 1 aromatic heterocycles. The Morgan fingerprint density at radius 2 is 1.87 bits per heavy atom. The van der Waals surface area contributed by atoms with Gasteiger partial charge in [-0.2, -0.15) is 0 Å². The molecule has 1 heterocycles. The Balaban J connectivity index is 2.22. The monoisotopic (exact) mass is 338 g/mol. The molecule has 2 aromatic rings. The predicted molar refractivity (Wildman–Crippen MR) is 89.6 cm³/mol. The number of carbonyl (C=O) groups is 1. The Hall–Kier alpha value is -1.86. The number of sulfonamides is 1. The first-order valence-electron chi connectivity index (χ1n) is 7.29. The molecule has 0 radical (unpaired) electrons. The van der Waals surface area contributed by atoms with Crippen molar-refractivity contribution >= 4 is 26.9 Å². The van der Waals surface area contributed by atoms with Gasteiger partial charge in [-0.25, -0.2) is 13.1 Å². The van der Waals surface area contributed by atoms with E-state index in [9.17, 15) is 13.2 Å². The minimum Gasteiger partial charge on any atom is -0.459 e. The fourth-order valence-electron chi connectivity index (χ4n) is 2.56. The highest BCUT2D eigenvalue weighted by Gasteiger charge is 2.32. The lowest BCUT2D eigenvalue weighted by Gasteiger charge is -2.25. The Morgan fingerprint density at radius 3 is 2.43 bits per heavy atom. The molecule has 1 atom stereocenters. The second kappa shape index (κ2) is 5.98. The van der Waals surface area contributed by atoms with Crippen molar-refractivity contribution < 1.29 is 17.6 Å². The van der Waals surface area contributed by atoms with Gasteiger partial charge in [0.25, 0.3) is 0 Å². The first-order chi connectivity index (χ1) is 10.5. The SMILES string of the molecule is Cc1c([C@@H](C)NC(=O)C(C)(C)NS(C)(=O)=O)oc2ccccc12. The zero-order valence-corrected chi connectivity index (χ0v) is 14.7. The third kappa shape index (κ3) is 3.92. The number of furan rings is 1. The first kappa shape index (κ1) is 17.5. The normalized spacial score (nSPS) is 14.0. The molecule has 0 aliphatic carbocycles. The van der Waals surface area contributed by atoms with E-state index in [1.54, 1.807) is 6.92 Å². The summed E-state index contributed by atoms with van der Waals surface area (Å²) in [6, 6.07) is 7.27. The van der Waals surface area contributed by atoms with Crippen LogP contribution in [-0.4, -0.2) is 26.1 Å². The van der Waals surface area contributed by atoms with E-state index in [-0.39, 0.29) is 6.04 Å². The maximum atomic E-state index is 12.4. The van der Waals surface area contributed by atoms with Crippen LogP contribution in [0.25, 0.3) is 11.0 Å². The summed E-state index contributed by atoms with van der Waals surface area (Å²) < 4.78 is 30.9. The van der Waals surface area contributed by atoms with Crippen LogP contribution in [0.15, 0.2) is 28.7 Å². The van der Waals surface area contributed by atoms with Gasteiger partial charge in [0.05, 0.1) is 12.3 Å². The van der Waals surface area contributed by atoms with Crippen LogP contribution in [-0.2, 0) is 14.8 Å². The molecule has 2 N–H and O–H groups in total. The molecule has 23 heavy (non-hydrogen) atoms. The minimum absolute atomic E-state index is 0.379. The van der Waals surface area contributed by atoms with E-state index in [2.05, 4.69) is 10.0 Å². The molecule has 1 amide bonds. The van der Waals surface area contributed by atoms with Crippen LogP contribution in [0.2, 0.25) is 0 Å². The van der Waals surface area contributed by atoms with E-state index < -0.39 is 21.5 Å². The first-order valence-corrected chi connectivity index (χ1v) is 9.18. The molecule has 1 aromatic carbocycles. The van der Waals surface area contributed by atoms with Gasteiger partial charge < -0.3 is 9.73 Å². The lowest BCUT2D eigenvalue weighted by Crippen LogP contribution is -2.54. The van der Waals surface area contributed by atoms with Crippen molar-refractivity contribution in [2.75, 3.05) is 6.26 Å². The molecule has 0 spiro atoms. The number of carbonyl (C=O) groups excluding carboxylic acids is 1. The van der Waals surface area contributed by atoms with Gasteiger partial charge in [0.15, 0.2) is 0 Å². The molecule has 2 rings (SSSR count). The maximum Gasteiger partial charge on any atom is 0.241 e. The maximum absolute atomic E-state index is 12.4. The van der Waals surface area contributed by atoms with E-state index in [4.69, 9.17) is 4.42 Å². The number of hydrogen-bond acceptors (Lipinski definition) is 4. The van der Waals surface area contributed by atoms with Crippen LogP contribution in [0.3, 0.4) is 0 Å². The van der Waals surface area contributed by atoms with Gasteiger partial charge in [0.2, 0.25) is 15.9 Å². The molecule has 0 bridgehead atoms. The average molecular weight is 338 g/mol. The molecule has 0 fully saturated rings. The standard InChI is InChI=1S/C16H22N2O4S/c1-10-12-8-6-7-9-13(12)22-14(10)11(2)17-15(19)16(3,4)18-23(5,20)21/h6-9,11,18H,1-5H3,(H,17,19)/t11-/m1/s1. The Bertz CT molecular complexity index is 837. The Labute approximate surface area is 136 Å². The highest BCUT2D eigenvalue weighted by atomic mass is 32.2. The summed E-state index contributed by atoms with van der Waals surface area (Å²) in [4.78, 5) is 12.4. The lowest BCUT2D eigenvalue weighted by atomic mass is 10.0. The summed E-state index contributed by atoms with van der Waals surface area (Å²) in [5, 5.41) is 3.80. The minimum atomic E-state index is -3.49. The average Bonchev–Trinajstić information content (AvgIpc) is 2.74. The van der Waals surface area contributed by atoms with E-state index >= 15 is 0 Å². The van der Waals surface area contributed by atoms with Gasteiger partial charge in [-0.05, 0) is 33.8 Å². The number of hydrogen-bond donors (Lipinski definition) is 2. The van der Waals surface area contributed by atoms with Crippen LogP contribution in [0.5, 0.6) is 0 Å². The van der Waals surface area contributed by atoms with Crippen LogP contribution < -0.4 is 10.0 Å². The number of aryl methyl sites for hydroxylation is 1. The molecule has 7 heteroatoms. The second-order valence-corrected chi connectivity index (χ2v) is 8.03. The summed E-state index contributed by atoms with van der Waals surface area (Å²) >= 11 is 0. The number of para-hydroxylation sites is 1. The Morgan fingerprint density at radius 1 is 1.26 bits per heavy atom. The molecule has 0 aliphatic heterocycles. The fourth-order valence-corrected chi connectivity index (χ4v) is 3.58. The van der Waals surface area contributed by atoms with Crippen LogP contribution in [0.4, 0.5) is 0 Å². The topological polar surface area (TPSA) is 88.4 Å². The third-order valence-corrected chi connectivity index (χ3v) is 4.51. The Kier molecular flexibility index (Phi) is 4.54. The van der Waals surface area contributed by atoms with Crippen LogP contribution in [0.1, 0.15) is 38.1 Å². The van der Waals surface area contributed by atoms with Gasteiger partial charge in [0, 0.05) is 10.9 Å². The number of amides is 1. The molecule has 0 unspecified atom stereocenters. The smallest absolute Gasteiger partial charge is 0.241 e. The van der Waals surface area contributed by atoms with Gasteiger partial charge in [0.1, 0.15) is 16.9 Å². The van der Waals surface area contributed by atoms with Crippen molar-refractivity contribution in [2.45, 2.75) is 39.3 Å². The molecular formula is C16H22N2O4S. The number of rotatable bonds is 5. The highest BCUT2D eigenvalue weighted by molar-refractivity contribution is 7.88. The summed E-state index contributed by atoms with van der Waals surface area (Å²) in [6.07, 6.45) is 1.02. The molecule has 6 nitrogen and oxygen atoms in total. The van der Waals surface area contributed by atoms with E-state index in [0.717, 1.165) is 22.8 Å². The molecular weight excluding hydrogens is 316 g/mol. The summed E-state index contributed by atoms with van der Waals surface area (Å²) in [7, 11) is -3.49. The number of benzene rings is 1. The van der Waals surface area contributed by atoms with Crippen molar-refractivity contribution in [3.05, 3.63) is 35.6 Å². The van der Waals surface area contributed by atoms with Crippen molar-refractivity contribution in [1.29, 1.82) is 0 Å². The van der Waals surface area contributed by atoms with Gasteiger partial charge in [-0.3, -0.25) is 4.79 Å². The zero-order valence-electron chi connectivity index (χ0n) is 13.9. The fraction of sp³-hybridized carbons (Fsp3) is 0.438. The van der Waals surface area contributed by atoms with Crippen molar-refractivity contribution in [2.24, 2.45) is 0 Å². The largest absolute Gasteiger partial charge is 0.459 e. The third-order valence-electron chi connectivity index (χ3n) is 3.63. The molecule has 0 saturated carbocycles. The highest BCUT2D eigenvalue weighted by Crippen LogP contribution is 2.29. The second-order valence-electron chi connectivity index (χ2n) is 6.28. The van der Waals surface area contributed by atoms with Gasteiger partial charge >= 0.3 is 0 Å². The quantitative estimate of drug-likeness (QED) is 0.875. The van der Waals surface area contributed by atoms with E-state index in [1.165, 1.54) is 13.8 Å². The molecule has 0 saturated heterocycles. The van der Waals surface area contributed by atoms with Crippen molar-refractivity contribution in [1.82, 2.24) is 10.0 Å². The van der Waals surface area contributed by atoms with Crippen LogP contribution in [0, 0.1) is 6.92 Å². The number of fused-ring (bicyclic) bond motifs is 1. The summed E-state index contributed by atoms with van der Waals surface area (Å²) in [5.41, 5.74) is 0.471. The van der Waals surface area contributed by atoms with Crippen molar-refractivity contribution in [3.63, 3.8) is 0 Å². The molecule has 126 valence electrons. The van der Waals surface area contributed by atoms with E-state index in [0.29, 0.717) is 5.76 Å². The van der Waals surface area contributed by atoms with Gasteiger partial charge in [-0.1, -0.05) is 18.2 Å². The summed E-state index contributed by atoms with van der Waals surface area (Å²) in [6.45, 7) is 6.77. The van der Waals surface area contributed by atoms with Crippen molar-refractivity contribution in [3.8, 4) is 0 Å². The predicted octanol–water partition coefficient (Wildman–Crippen LogP) is 2.25. The zero-order chi connectivity index (χ0) is 17.4. The van der Waals surface area contributed by atoms with Gasteiger partial charge in [-0.15, -0.1) is 0 Å².